The first-order valence-corrected chi connectivity index (χ1v) is 7.75. The SMILES string of the molecule is C=CCOC(=O)N1CCCC(C)[C@H]1CNC(=O)OC(C)(C)C.[HH]. The maximum absolute atomic E-state index is 12.1. The van der Waals surface area contributed by atoms with Crippen molar-refractivity contribution in [1.82, 2.24) is 10.2 Å². The summed E-state index contributed by atoms with van der Waals surface area (Å²) >= 11 is 0. The predicted octanol–water partition coefficient (Wildman–Crippen LogP) is 3.18. The lowest BCUT2D eigenvalue weighted by atomic mass is 9.91. The van der Waals surface area contributed by atoms with Crippen LogP contribution in [0.3, 0.4) is 0 Å². The molecule has 1 rings (SSSR count). The fourth-order valence-electron chi connectivity index (χ4n) is 2.50. The van der Waals surface area contributed by atoms with Crippen LogP contribution in [-0.2, 0) is 9.47 Å². The summed E-state index contributed by atoms with van der Waals surface area (Å²) in [4.78, 5) is 25.6. The molecule has 0 aromatic carbocycles. The first-order chi connectivity index (χ1) is 10.2. The van der Waals surface area contributed by atoms with Gasteiger partial charge in [0.15, 0.2) is 0 Å². The molecule has 2 atom stereocenters. The number of carbonyl (C=O) groups is 2. The number of likely N-dealkylation sites (tertiary alicyclic amines) is 1. The second-order valence-electron chi connectivity index (χ2n) is 6.63. The number of hydrogen-bond donors (Lipinski definition) is 1. The Morgan fingerprint density at radius 2 is 2.14 bits per heavy atom. The molecule has 1 heterocycles. The van der Waals surface area contributed by atoms with Crippen molar-refractivity contribution in [3.05, 3.63) is 12.7 Å². The highest BCUT2D eigenvalue weighted by Gasteiger charge is 2.33. The maximum atomic E-state index is 12.1. The lowest BCUT2D eigenvalue weighted by molar-refractivity contribution is 0.0425. The van der Waals surface area contributed by atoms with Crippen LogP contribution in [0.4, 0.5) is 9.59 Å². The first-order valence-electron chi connectivity index (χ1n) is 7.75. The zero-order valence-electron chi connectivity index (χ0n) is 14.1. The minimum Gasteiger partial charge on any atom is -0.445 e. The van der Waals surface area contributed by atoms with Crippen molar-refractivity contribution >= 4 is 12.2 Å². The molecule has 0 spiro atoms. The van der Waals surface area contributed by atoms with E-state index in [1.54, 1.807) is 11.0 Å². The van der Waals surface area contributed by atoms with E-state index >= 15 is 0 Å². The normalized spacial score (nSPS) is 21.9. The molecule has 1 N–H and O–H groups in total. The van der Waals surface area contributed by atoms with Gasteiger partial charge in [-0.25, -0.2) is 9.59 Å². The third-order valence-corrected chi connectivity index (χ3v) is 3.53. The van der Waals surface area contributed by atoms with Gasteiger partial charge in [-0.05, 0) is 39.5 Å². The molecular weight excluding hydrogens is 284 g/mol. The number of ether oxygens (including phenoxy) is 2. The summed E-state index contributed by atoms with van der Waals surface area (Å²) in [6.45, 7) is 12.2. The molecule has 0 aliphatic carbocycles. The van der Waals surface area contributed by atoms with Gasteiger partial charge in [0.1, 0.15) is 12.2 Å². The zero-order valence-corrected chi connectivity index (χ0v) is 14.1. The van der Waals surface area contributed by atoms with Crippen LogP contribution in [0.2, 0.25) is 0 Å². The van der Waals surface area contributed by atoms with Gasteiger partial charge < -0.3 is 19.7 Å². The van der Waals surface area contributed by atoms with Crippen LogP contribution in [0.1, 0.15) is 42.0 Å². The maximum Gasteiger partial charge on any atom is 0.410 e. The molecular formula is C16H30N2O4. The van der Waals surface area contributed by atoms with Crippen LogP contribution in [0, 0.1) is 5.92 Å². The molecule has 128 valence electrons. The Hall–Kier alpha value is -1.72. The molecule has 0 radical (unpaired) electrons. The molecule has 2 amide bonds. The van der Waals surface area contributed by atoms with Gasteiger partial charge in [-0.2, -0.15) is 0 Å². The monoisotopic (exact) mass is 314 g/mol. The van der Waals surface area contributed by atoms with Gasteiger partial charge in [-0.15, -0.1) is 0 Å². The van der Waals surface area contributed by atoms with Crippen LogP contribution < -0.4 is 5.32 Å². The first kappa shape index (κ1) is 18.3. The molecule has 1 unspecified atom stereocenters. The molecule has 0 aromatic rings. The predicted molar refractivity (Wildman–Crippen MR) is 86.8 cm³/mol. The second kappa shape index (κ2) is 8.06. The summed E-state index contributed by atoms with van der Waals surface area (Å²) in [5.41, 5.74) is -0.537. The molecule has 1 fully saturated rings. The highest BCUT2D eigenvalue weighted by atomic mass is 16.6. The highest BCUT2D eigenvalue weighted by Crippen LogP contribution is 2.23. The fourth-order valence-corrected chi connectivity index (χ4v) is 2.50. The fraction of sp³-hybridized carbons (Fsp3) is 0.750. The smallest absolute Gasteiger partial charge is 0.410 e. The van der Waals surface area contributed by atoms with Gasteiger partial charge in [-0.1, -0.05) is 19.6 Å². The molecule has 1 aliphatic heterocycles. The largest absolute Gasteiger partial charge is 0.445 e. The molecule has 0 aromatic heterocycles. The Morgan fingerprint density at radius 1 is 1.45 bits per heavy atom. The third-order valence-electron chi connectivity index (χ3n) is 3.53. The molecule has 0 saturated carbocycles. The number of rotatable bonds is 4. The number of hydrogen-bond acceptors (Lipinski definition) is 4. The van der Waals surface area contributed by atoms with E-state index in [1.807, 2.05) is 20.8 Å². The Bertz CT molecular complexity index is 409. The number of piperidine rings is 1. The quantitative estimate of drug-likeness (QED) is 0.809. The molecule has 6 nitrogen and oxygen atoms in total. The molecule has 0 bridgehead atoms. The summed E-state index contributed by atoms with van der Waals surface area (Å²) < 4.78 is 10.3. The van der Waals surface area contributed by atoms with Gasteiger partial charge in [0, 0.05) is 14.5 Å². The van der Waals surface area contributed by atoms with Crippen LogP contribution in [0.15, 0.2) is 12.7 Å². The van der Waals surface area contributed by atoms with Crippen molar-refractivity contribution < 1.29 is 20.5 Å². The van der Waals surface area contributed by atoms with Gasteiger partial charge in [0.05, 0.1) is 6.04 Å². The number of nitrogens with zero attached hydrogens (tertiary/aromatic N) is 1. The van der Waals surface area contributed by atoms with Crippen molar-refractivity contribution in [1.29, 1.82) is 0 Å². The molecule has 1 saturated heterocycles. The zero-order chi connectivity index (χ0) is 16.8. The summed E-state index contributed by atoms with van der Waals surface area (Å²) in [6.07, 6.45) is 2.67. The van der Waals surface area contributed by atoms with E-state index in [-0.39, 0.29) is 20.2 Å². The van der Waals surface area contributed by atoms with E-state index in [4.69, 9.17) is 9.47 Å². The summed E-state index contributed by atoms with van der Waals surface area (Å²) in [7, 11) is 0. The van der Waals surface area contributed by atoms with Crippen molar-refractivity contribution in [2.75, 3.05) is 19.7 Å². The van der Waals surface area contributed by atoms with Gasteiger partial charge >= 0.3 is 12.2 Å². The third kappa shape index (κ3) is 5.95. The minimum absolute atomic E-state index is 0. The molecule has 22 heavy (non-hydrogen) atoms. The van der Waals surface area contributed by atoms with E-state index in [0.717, 1.165) is 12.8 Å². The van der Waals surface area contributed by atoms with Gasteiger partial charge in [0.25, 0.3) is 0 Å². The standard InChI is InChI=1S/C16H28N2O4.H2/c1-6-10-21-15(20)18-9-7-8-12(2)13(18)11-17-14(19)22-16(3,4)5;/h6,12-13H,1,7-11H2,2-5H3,(H,17,19);1H/t12?,13-;/m1./s1. The Labute approximate surface area is 134 Å². The van der Waals surface area contributed by atoms with E-state index in [0.29, 0.717) is 19.0 Å². The number of nitrogens with one attached hydrogen (secondary N) is 1. The summed E-state index contributed by atoms with van der Waals surface area (Å²) in [6, 6.07) is -0.0846. The Morgan fingerprint density at radius 3 is 2.73 bits per heavy atom. The van der Waals surface area contributed by atoms with Crippen LogP contribution in [0.5, 0.6) is 0 Å². The van der Waals surface area contributed by atoms with Crippen LogP contribution in [0.25, 0.3) is 0 Å². The van der Waals surface area contributed by atoms with Gasteiger partial charge in [-0.3, -0.25) is 0 Å². The lowest BCUT2D eigenvalue weighted by Gasteiger charge is -2.39. The van der Waals surface area contributed by atoms with Gasteiger partial charge in [0.2, 0.25) is 0 Å². The van der Waals surface area contributed by atoms with E-state index in [1.165, 1.54) is 0 Å². The van der Waals surface area contributed by atoms with E-state index in [9.17, 15) is 9.59 Å². The highest BCUT2D eigenvalue weighted by molar-refractivity contribution is 5.69. The Kier molecular flexibility index (Phi) is 6.71. The molecule has 6 heteroatoms. The van der Waals surface area contributed by atoms with Crippen molar-refractivity contribution in [2.24, 2.45) is 5.92 Å². The van der Waals surface area contributed by atoms with E-state index in [2.05, 4.69) is 18.8 Å². The van der Waals surface area contributed by atoms with E-state index < -0.39 is 11.7 Å². The minimum atomic E-state index is -0.537. The van der Waals surface area contributed by atoms with Crippen molar-refractivity contribution in [2.45, 2.75) is 52.2 Å². The Balaban J connectivity index is 0.00000484. The average Bonchev–Trinajstić information content (AvgIpc) is 2.41. The van der Waals surface area contributed by atoms with Crippen molar-refractivity contribution in [3.8, 4) is 0 Å². The summed E-state index contributed by atoms with van der Waals surface area (Å²) in [5, 5.41) is 2.75. The number of alkyl carbamates (subject to hydrolysis) is 1. The van der Waals surface area contributed by atoms with Crippen molar-refractivity contribution in [3.63, 3.8) is 0 Å². The average molecular weight is 314 g/mol. The van der Waals surface area contributed by atoms with Crippen LogP contribution >= 0.6 is 0 Å². The number of carbonyl (C=O) groups excluding carboxylic acids is 2. The number of amides is 2. The second-order valence-corrected chi connectivity index (χ2v) is 6.63. The summed E-state index contributed by atoms with van der Waals surface area (Å²) in [5.74, 6) is 0.292. The van der Waals surface area contributed by atoms with Crippen LogP contribution in [-0.4, -0.2) is 48.4 Å². The lowest BCUT2D eigenvalue weighted by Crippen LogP contribution is -2.53. The molecule has 1 aliphatic rings. The topological polar surface area (TPSA) is 67.9 Å².